The van der Waals surface area contributed by atoms with Crippen LogP contribution in [0.2, 0.25) is 0 Å². The molecular formula is C23H24F3N5O3. The fourth-order valence-corrected chi connectivity index (χ4v) is 3.77. The number of para-hydroxylation sites is 1. The lowest BCUT2D eigenvalue weighted by Gasteiger charge is -2.22. The van der Waals surface area contributed by atoms with Crippen LogP contribution in [0.1, 0.15) is 12.0 Å². The minimum Gasteiger partial charge on any atom is -0.406 e. The number of nitrogens with one attached hydrogen (secondary N) is 1. The Morgan fingerprint density at radius 1 is 1.15 bits per heavy atom. The average Bonchev–Trinajstić information content (AvgIpc) is 3.07. The predicted octanol–water partition coefficient (Wildman–Crippen LogP) is 3.29. The van der Waals surface area contributed by atoms with Gasteiger partial charge in [-0.1, -0.05) is 12.1 Å². The Labute approximate surface area is 193 Å². The molecule has 0 unspecified atom stereocenters. The summed E-state index contributed by atoms with van der Waals surface area (Å²) >= 11 is 0. The number of alkyl halides is 3. The molecule has 0 atom stereocenters. The number of anilines is 2. The number of pyridine rings is 1. The topological polar surface area (TPSA) is 110 Å². The summed E-state index contributed by atoms with van der Waals surface area (Å²) in [6.07, 6.45) is -2.50. The molecule has 0 saturated carbocycles. The van der Waals surface area contributed by atoms with Gasteiger partial charge in [0.1, 0.15) is 11.6 Å². The highest BCUT2D eigenvalue weighted by Gasteiger charge is 2.31. The standard InChI is InChI=1S/C23H24F3N5O3/c24-23(25,26)34-16-7-5-15(6-8-16)31(28)14-19(27)17-3-1-4-18-20(32)13-21(29-22(17)18)30-9-2-11-33-12-10-30/h1,3-8,13-14H,2,9-12,27-28H2,(H,29,32)/b19-14-. The number of hydrazine groups is 1. The molecular weight excluding hydrogens is 451 g/mol. The van der Waals surface area contributed by atoms with E-state index in [-0.39, 0.29) is 16.9 Å². The number of ether oxygens (including phenoxy) is 2. The van der Waals surface area contributed by atoms with Crippen molar-refractivity contribution in [1.82, 2.24) is 4.98 Å². The predicted molar refractivity (Wildman–Crippen MR) is 124 cm³/mol. The zero-order chi connectivity index (χ0) is 24.3. The van der Waals surface area contributed by atoms with Gasteiger partial charge in [0.25, 0.3) is 0 Å². The van der Waals surface area contributed by atoms with Gasteiger partial charge >= 0.3 is 6.36 Å². The summed E-state index contributed by atoms with van der Waals surface area (Å²) in [7, 11) is 0. The van der Waals surface area contributed by atoms with E-state index in [2.05, 4.69) is 14.6 Å². The molecule has 34 heavy (non-hydrogen) atoms. The van der Waals surface area contributed by atoms with Gasteiger partial charge in [0.05, 0.1) is 23.5 Å². The number of benzene rings is 2. The molecule has 4 rings (SSSR count). The van der Waals surface area contributed by atoms with Crippen LogP contribution >= 0.6 is 0 Å². The van der Waals surface area contributed by atoms with Gasteiger partial charge in [-0.2, -0.15) is 0 Å². The Bertz CT molecular complexity index is 1230. The van der Waals surface area contributed by atoms with E-state index >= 15 is 0 Å². The van der Waals surface area contributed by atoms with E-state index in [1.807, 2.05) is 0 Å². The molecule has 1 aliphatic rings. The number of nitrogens with zero attached hydrogens (tertiary/aromatic N) is 2. The Balaban J connectivity index is 1.64. The second-order valence-electron chi connectivity index (χ2n) is 7.73. The highest BCUT2D eigenvalue weighted by molar-refractivity contribution is 5.91. The minimum absolute atomic E-state index is 0.145. The van der Waals surface area contributed by atoms with Crippen molar-refractivity contribution >= 4 is 28.1 Å². The van der Waals surface area contributed by atoms with Crippen molar-refractivity contribution in [2.24, 2.45) is 11.6 Å². The molecule has 180 valence electrons. The molecule has 0 aliphatic carbocycles. The number of halogens is 3. The van der Waals surface area contributed by atoms with Crippen molar-refractivity contribution in [3.05, 3.63) is 70.5 Å². The second kappa shape index (κ2) is 9.65. The van der Waals surface area contributed by atoms with Gasteiger partial charge in [0.15, 0.2) is 5.43 Å². The van der Waals surface area contributed by atoms with Crippen LogP contribution in [0.3, 0.4) is 0 Å². The quantitative estimate of drug-likeness (QED) is 0.384. The van der Waals surface area contributed by atoms with Crippen LogP contribution in [0.25, 0.3) is 16.6 Å². The molecule has 1 fully saturated rings. The van der Waals surface area contributed by atoms with E-state index in [0.29, 0.717) is 47.7 Å². The van der Waals surface area contributed by atoms with Crippen molar-refractivity contribution in [1.29, 1.82) is 0 Å². The van der Waals surface area contributed by atoms with E-state index in [9.17, 15) is 18.0 Å². The lowest BCUT2D eigenvalue weighted by Crippen LogP contribution is -2.28. The van der Waals surface area contributed by atoms with Gasteiger partial charge in [-0.25, -0.2) is 5.84 Å². The first-order valence-electron chi connectivity index (χ1n) is 10.6. The van der Waals surface area contributed by atoms with Crippen molar-refractivity contribution in [2.75, 3.05) is 36.2 Å². The number of rotatable bonds is 5. The molecule has 0 bridgehead atoms. The maximum absolute atomic E-state index is 12.8. The summed E-state index contributed by atoms with van der Waals surface area (Å²) in [4.78, 5) is 18.2. The van der Waals surface area contributed by atoms with Gasteiger partial charge in [-0.15, -0.1) is 13.2 Å². The average molecular weight is 475 g/mol. The molecule has 2 aromatic carbocycles. The monoisotopic (exact) mass is 475 g/mol. The number of fused-ring (bicyclic) bond motifs is 1. The summed E-state index contributed by atoms with van der Waals surface area (Å²) in [6.45, 7) is 2.64. The van der Waals surface area contributed by atoms with Crippen molar-refractivity contribution in [3.63, 3.8) is 0 Å². The lowest BCUT2D eigenvalue weighted by molar-refractivity contribution is -0.274. The number of aromatic amines is 1. The molecule has 11 heteroatoms. The number of aromatic nitrogens is 1. The third-order valence-electron chi connectivity index (χ3n) is 5.37. The van der Waals surface area contributed by atoms with E-state index in [1.165, 1.54) is 23.3 Å². The molecule has 1 aliphatic heterocycles. The maximum Gasteiger partial charge on any atom is 0.573 e. The third-order valence-corrected chi connectivity index (χ3v) is 5.37. The fraction of sp³-hybridized carbons (Fsp3) is 0.261. The largest absolute Gasteiger partial charge is 0.573 e. The highest BCUT2D eigenvalue weighted by Crippen LogP contribution is 2.26. The van der Waals surface area contributed by atoms with E-state index in [1.54, 1.807) is 24.3 Å². The van der Waals surface area contributed by atoms with Crippen molar-refractivity contribution in [2.45, 2.75) is 12.8 Å². The molecule has 0 amide bonds. The molecule has 1 saturated heterocycles. The normalized spacial score (nSPS) is 15.3. The molecule has 8 nitrogen and oxygen atoms in total. The first kappa shape index (κ1) is 23.5. The van der Waals surface area contributed by atoms with Crippen LogP contribution in [0.5, 0.6) is 5.75 Å². The highest BCUT2D eigenvalue weighted by atomic mass is 19.4. The SMILES string of the molecule is N/C(=C\N(N)c1ccc(OC(F)(F)F)cc1)c1cccc2c(=O)cc(N3CCCOCC3)[nH]c12. The van der Waals surface area contributed by atoms with Crippen LogP contribution in [0.4, 0.5) is 24.7 Å². The number of H-pyrrole nitrogens is 1. The summed E-state index contributed by atoms with van der Waals surface area (Å²) in [5, 5.41) is 1.65. The zero-order valence-electron chi connectivity index (χ0n) is 18.1. The van der Waals surface area contributed by atoms with Crippen LogP contribution in [0.15, 0.2) is 59.5 Å². The van der Waals surface area contributed by atoms with E-state index < -0.39 is 6.36 Å². The molecule has 5 N–H and O–H groups in total. The Kier molecular flexibility index (Phi) is 6.66. The van der Waals surface area contributed by atoms with Crippen LogP contribution < -0.4 is 31.7 Å². The van der Waals surface area contributed by atoms with Crippen molar-refractivity contribution in [3.8, 4) is 5.75 Å². The van der Waals surface area contributed by atoms with Gasteiger partial charge in [0.2, 0.25) is 0 Å². The smallest absolute Gasteiger partial charge is 0.406 e. The van der Waals surface area contributed by atoms with E-state index in [0.717, 1.165) is 25.1 Å². The van der Waals surface area contributed by atoms with Crippen LogP contribution in [-0.4, -0.2) is 37.6 Å². The van der Waals surface area contributed by atoms with Gasteiger partial charge in [-0.05, 0) is 36.8 Å². The molecule has 2 heterocycles. The van der Waals surface area contributed by atoms with Crippen molar-refractivity contribution < 1.29 is 22.6 Å². The number of hydrogen-bond acceptors (Lipinski definition) is 7. The lowest BCUT2D eigenvalue weighted by atomic mass is 10.1. The molecule has 1 aromatic heterocycles. The second-order valence-corrected chi connectivity index (χ2v) is 7.73. The maximum atomic E-state index is 12.8. The number of hydrogen-bond donors (Lipinski definition) is 3. The van der Waals surface area contributed by atoms with Gasteiger partial charge < -0.3 is 25.1 Å². The van der Waals surface area contributed by atoms with Gasteiger partial charge in [0, 0.05) is 42.9 Å². The van der Waals surface area contributed by atoms with Gasteiger partial charge in [-0.3, -0.25) is 9.80 Å². The zero-order valence-corrected chi connectivity index (χ0v) is 18.1. The van der Waals surface area contributed by atoms with Crippen LogP contribution in [-0.2, 0) is 4.74 Å². The molecule has 0 spiro atoms. The van der Waals surface area contributed by atoms with Crippen LogP contribution in [0, 0.1) is 0 Å². The molecule has 3 aromatic rings. The summed E-state index contributed by atoms with van der Waals surface area (Å²) in [5.41, 5.74) is 7.95. The summed E-state index contributed by atoms with van der Waals surface area (Å²) in [5.74, 6) is 6.38. The minimum atomic E-state index is -4.78. The summed E-state index contributed by atoms with van der Waals surface area (Å²) in [6, 6.07) is 11.8. The first-order chi connectivity index (χ1) is 16.2. The number of nitrogens with two attached hydrogens (primary N) is 2. The Morgan fingerprint density at radius 3 is 2.65 bits per heavy atom. The summed E-state index contributed by atoms with van der Waals surface area (Å²) < 4.78 is 46.5. The Hall–Kier alpha value is -3.70. The third kappa shape index (κ3) is 5.43. The van der Waals surface area contributed by atoms with E-state index in [4.69, 9.17) is 16.3 Å². The fourth-order valence-electron chi connectivity index (χ4n) is 3.77. The molecule has 0 radical (unpaired) electrons. The first-order valence-corrected chi connectivity index (χ1v) is 10.6. The Morgan fingerprint density at radius 2 is 1.91 bits per heavy atom.